The zero-order valence-electron chi connectivity index (χ0n) is 15.4. The van der Waals surface area contributed by atoms with E-state index in [0.29, 0.717) is 39.0 Å². The fourth-order valence-corrected chi connectivity index (χ4v) is 2.48. The second kappa shape index (κ2) is 8.27. The monoisotopic (exact) mass is 363 g/mol. The van der Waals surface area contributed by atoms with Gasteiger partial charge in [0, 0.05) is 31.6 Å². The lowest BCUT2D eigenvalue weighted by Crippen LogP contribution is -2.50. The van der Waals surface area contributed by atoms with Gasteiger partial charge in [0.1, 0.15) is 0 Å². The van der Waals surface area contributed by atoms with Crippen molar-refractivity contribution in [2.24, 2.45) is 5.41 Å². The number of nitrogens with zero attached hydrogens (tertiary/aromatic N) is 3. The van der Waals surface area contributed by atoms with Gasteiger partial charge in [0.05, 0.1) is 23.4 Å². The van der Waals surface area contributed by atoms with Gasteiger partial charge in [0.15, 0.2) is 0 Å². The summed E-state index contributed by atoms with van der Waals surface area (Å²) in [6.07, 6.45) is 0.885. The van der Waals surface area contributed by atoms with E-state index < -0.39 is 10.3 Å². The summed E-state index contributed by atoms with van der Waals surface area (Å²) in [5, 5.41) is 12.2. The summed E-state index contributed by atoms with van der Waals surface area (Å²) < 4.78 is 0. The van der Waals surface area contributed by atoms with Gasteiger partial charge < -0.3 is 9.74 Å². The first-order valence-corrected chi connectivity index (χ1v) is 8.65. The Bertz CT molecular complexity index is 658. The molecule has 1 aliphatic heterocycles. The summed E-state index contributed by atoms with van der Waals surface area (Å²) in [5.41, 5.74) is 0.375. The lowest BCUT2D eigenvalue weighted by Gasteiger charge is -2.34. The molecule has 0 N–H and O–H groups in total. The largest absolute Gasteiger partial charge is 0.367 e. The minimum Gasteiger partial charge on any atom is -0.367 e. The highest BCUT2D eigenvalue weighted by atomic mass is 16.7. The van der Waals surface area contributed by atoms with Gasteiger partial charge in [-0.15, -0.1) is 5.06 Å². The normalized spacial score (nSPS) is 15.6. The van der Waals surface area contributed by atoms with Crippen molar-refractivity contribution in [3.63, 3.8) is 0 Å². The Morgan fingerprint density at radius 2 is 1.69 bits per heavy atom. The van der Waals surface area contributed by atoms with Crippen molar-refractivity contribution >= 4 is 17.6 Å². The zero-order chi connectivity index (χ0) is 19.3. The average Bonchev–Trinajstić information content (AvgIpc) is 2.59. The minimum absolute atomic E-state index is 0.0325. The van der Waals surface area contributed by atoms with Crippen LogP contribution in [0.2, 0.25) is 0 Å². The Labute approximate surface area is 152 Å². The van der Waals surface area contributed by atoms with Crippen molar-refractivity contribution in [2.75, 3.05) is 26.2 Å². The predicted molar refractivity (Wildman–Crippen MR) is 95.1 cm³/mol. The lowest BCUT2D eigenvalue weighted by atomic mass is 9.98. The first kappa shape index (κ1) is 19.8. The number of carbonyl (C=O) groups is 2. The van der Waals surface area contributed by atoms with Crippen LogP contribution in [0.3, 0.4) is 0 Å². The van der Waals surface area contributed by atoms with E-state index in [2.05, 4.69) is 0 Å². The average molecular weight is 363 g/mol. The molecule has 0 aliphatic carbocycles. The van der Waals surface area contributed by atoms with Crippen LogP contribution in [0, 0.1) is 15.5 Å². The van der Waals surface area contributed by atoms with Gasteiger partial charge in [-0.2, -0.15) is 0 Å². The Hall–Kier alpha value is -2.48. The smallest absolute Gasteiger partial charge is 0.330 e. The number of hydrogen-bond acceptors (Lipinski definition) is 6. The number of hydrogen-bond donors (Lipinski definition) is 0. The predicted octanol–water partition coefficient (Wildman–Crippen LogP) is 2.18. The quantitative estimate of drug-likeness (QED) is 0.588. The fourth-order valence-electron chi connectivity index (χ4n) is 2.48. The Morgan fingerprint density at radius 3 is 2.19 bits per heavy atom. The maximum absolute atomic E-state index is 12.3. The first-order chi connectivity index (χ1) is 12.2. The lowest BCUT2D eigenvalue weighted by molar-refractivity contribution is -0.384. The van der Waals surface area contributed by atoms with Crippen LogP contribution >= 0.6 is 0 Å². The summed E-state index contributed by atoms with van der Waals surface area (Å²) in [7, 11) is 0. The van der Waals surface area contributed by atoms with Crippen molar-refractivity contribution < 1.29 is 19.3 Å². The number of hydroxylamine groups is 2. The Kier molecular flexibility index (Phi) is 6.31. The van der Waals surface area contributed by atoms with Crippen molar-refractivity contribution in [1.29, 1.82) is 0 Å². The van der Waals surface area contributed by atoms with E-state index >= 15 is 0 Å². The summed E-state index contributed by atoms with van der Waals surface area (Å²) >= 11 is 0. The van der Waals surface area contributed by atoms with Crippen LogP contribution in [0.1, 0.15) is 32.8 Å². The second-order valence-electron chi connectivity index (χ2n) is 7.36. The van der Waals surface area contributed by atoms with Crippen LogP contribution in [0.25, 0.3) is 0 Å². The van der Waals surface area contributed by atoms with Gasteiger partial charge in [0.25, 0.3) is 5.69 Å². The number of piperazine rings is 1. The maximum Gasteiger partial charge on any atom is 0.330 e. The highest BCUT2D eigenvalue weighted by Gasteiger charge is 2.28. The third-order valence-electron chi connectivity index (χ3n) is 4.19. The molecule has 0 unspecified atom stereocenters. The summed E-state index contributed by atoms with van der Waals surface area (Å²) in [6, 6.07) is 6.24. The SMILES string of the molecule is CC(C)(C)C(=O)ON1CCN(C(=O)CCc2ccc([N+](=O)[O-])cc2)CC1. The van der Waals surface area contributed by atoms with Crippen molar-refractivity contribution in [1.82, 2.24) is 9.96 Å². The second-order valence-corrected chi connectivity index (χ2v) is 7.36. The van der Waals surface area contributed by atoms with E-state index in [9.17, 15) is 19.7 Å². The Balaban J connectivity index is 1.76. The molecule has 0 spiro atoms. The van der Waals surface area contributed by atoms with Gasteiger partial charge in [0.2, 0.25) is 5.91 Å². The molecule has 1 saturated heterocycles. The molecule has 26 heavy (non-hydrogen) atoms. The third kappa shape index (κ3) is 5.52. The first-order valence-electron chi connectivity index (χ1n) is 8.65. The number of non-ortho nitro benzene ring substituents is 1. The minimum atomic E-state index is -0.558. The molecule has 1 fully saturated rings. The number of amides is 1. The molecule has 1 aromatic rings. The molecule has 0 radical (unpaired) electrons. The fraction of sp³-hybridized carbons (Fsp3) is 0.556. The van der Waals surface area contributed by atoms with Gasteiger partial charge in [-0.1, -0.05) is 12.1 Å². The van der Waals surface area contributed by atoms with Gasteiger partial charge in [-0.05, 0) is 32.8 Å². The topological polar surface area (TPSA) is 93.0 Å². The molecular formula is C18H25N3O5. The standard InChI is InChI=1S/C18H25N3O5/c1-18(2,3)17(23)26-20-12-10-19(11-13-20)16(22)9-6-14-4-7-15(8-5-14)21(24)25/h4-5,7-8H,6,9-13H2,1-3H3. The molecule has 0 atom stereocenters. The van der Waals surface area contributed by atoms with Crippen LogP contribution in [0.15, 0.2) is 24.3 Å². The molecule has 8 heteroatoms. The van der Waals surface area contributed by atoms with E-state index in [1.165, 1.54) is 12.1 Å². The molecule has 8 nitrogen and oxygen atoms in total. The van der Waals surface area contributed by atoms with Gasteiger partial charge in [-0.25, -0.2) is 4.79 Å². The number of nitro benzene ring substituents is 1. The molecule has 1 heterocycles. The molecule has 1 aliphatic rings. The summed E-state index contributed by atoms with van der Waals surface area (Å²) in [6.45, 7) is 7.40. The van der Waals surface area contributed by atoms with Gasteiger partial charge in [-0.3, -0.25) is 14.9 Å². The molecule has 142 valence electrons. The third-order valence-corrected chi connectivity index (χ3v) is 4.19. The number of aryl methyl sites for hydroxylation is 1. The van der Waals surface area contributed by atoms with E-state index in [1.807, 2.05) is 0 Å². The highest BCUT2D eigenvalue weighted by Crippen LogP contribution is 2.17. The molecule has 0 bridgehead atoms. The number of nitro groups is 1. The number of rotatable bonds is 5. The summed E-state index contributed by atoms with van der Waals surface area (Å²) in [5.74, 6) is -0.249. The van der Waals surface area contributed by atoms with Crippen LogP contribution in [0.4, 0.5) is 5.69 Å². The van der Waals surface area contributed by atoms with Gasteiger partial charge >= 0.3 is 5.97 Å². The van der Waals surface area contributed by atoms with Crippen molar-refractivity contribution in [3.05, 3.63) is 39.9 Å². The van der Waals surface area contributed by atoms with Crippen LogP contribution in [-0.2, 0) is 20.8 Å². The van der Waals surface area contributed by atoms with E-state index in [4.69, 9.17) is 4.84 Å². The van der Waals surface area contributed by atoms with Crippen molar-refractivity contribution in [3.8, 4) is 0 Å². The molecule has 1 aromatic carbocycles. The molecule has 1 amide bonds. The molecular weight excluding hydrogens is 338 g/mol. The summed E-state index contributed by atoms with van der Waals surface area (Å²) in [4.78, 5) is 41.5. The molecule has 2 rings (SSSR count). The van der Waals surface area contributed by atoms with Crippen molar-refractivity contribution in [2.45, 2.75) is 33.6 Å². The van der Waals surface area contributed by atoms with Crippen LogP contribution < -0.4 is 0 Å². The highest BCUT2D eigenvalue weighted by molar-refractivity contribution is 5.77. The maximum atomic E-state index is 12.3. The van der Waals surface area contributed by atoms with Crippen LogP contribution in [0.5, 0.6) is 0 Å². The Morgan fingerprint density at radius 1 is 1.12 bits per heavy atom. The molecule has 0 saturated carbocycles. The number of carbonyl (C=O) groups excluding carboxylic acids is 2. The number of benzene rings is 1. The van der Waals surface area contributed by atoms with E-state index in [1.54, 1.807) is 42.9 Å². The zero-order valence-corrected chi connectivity index (χ0v) is 15.4. The van der Waals surface area contributed by atoms with Crippen LogP contribution in [-0.4, -0.2) is 52.9 Å². The van der Waals surface area contributed by atoms with E-state index in [0.717, 1.165) is 5.56 Å². The van der Waals surface area contributed by atoms with E-state index in [-0.39, 0.29) is 17.6 Å². The molecule has 0 aromatic heterocycles.